The lowest BCUT2D eigenvalue weighted by Crippen LogP contribution is -2.39. The van der Waals surface area contributed by atoms with Crippen LogP contribution in [0.5, 0.6) is 0 Å². The van der Waals surface area contributed by atoms with Gasteiger partial charge in [0.25, 0.3) is 0 Å². The predicted octanol–water partition coefficient (Wildman–Crippen LogP) is 2.95. The van der Waals surface area contributed by atoms with Crippen molar-refractivity contribution in [3.8, 4) is 0 Å². The van der Waals surface area contributed by atoms with E-state index < -0.39 is 6.10 Å². The summed E-state index contributed by atoms with van der Waals surface area (Å²) < 4.78 is 0. The van der Waals surface area contributed by atoms with Gasteiger partial charge in [0, 0.05) is 0 Å². The van der Waals surface area contributed by atoms with Gasteiger partial charge in [-0.15, -0.1) is 0 Å². The van der Waals surface area contributed by atoms with E-state index in [4.69, 9.17) is 0 Å². The van der Waals surface area contributed by atoms with Gasteiger partial charge in [0.15, 0.2) is 5.78 Å². The van der Waals surface area contributed by atoms with Crippen LogP contribution in [-0.4, -0.2) is 17.0 Å². The molecule has 16 heavy (non-hydrogen) atoms. The van der Waals surface area contributed by atoms with Gasteiger partial charge in [-0.2, -0.15) is 0 Å². The zero-order valence-corrected chi connectivity index (χ0v) is 10.9. The molecule has 3 atom stereocenters. The van der Waals surface area contributed by atoms with Crippen molar-refractivity contribution in [2.75, 3.05) is 0 Å². The number of carbonyl (C=O) groups excluding carboxylic acids is 1. The Balaban J connectivity index is 2.72. The molecule has 0 bridgehead atoms. The van der Waals surface area contributed by atoms with Crippen molar-refractivity contribution in [2.24, 2.45) is 17.3 Å². The summed E-state index contributed by atoms with van der Waals surface area (Å²) in [4.78, 5) is 11.8. The van der Waals surface area contributed by atoms with E-state index in [0.717, 1.165) is 19.3 Å². The van der Waals surface area contributed by atoms with Crippen LogP contribution < -0.4 is 0 Å². The van der Waals surface area contributed by atoms with Crippen molar-refractivity contribution in [2.45, 2.75) is 53.1 Å². The van der Waals surface area contributed by atoms with Crippen molar-refractivity contribution >= 4 is 5.78 Å². The number of hydrogen-bond donors (Lipinski definition) is 1. The first-order valence-electron chi connectivity index (χ1n) is 6.28. The van der Waals surface area contributed by atoms with Crippen LogP contribution in [0.4, 0.5) is 0 Å². The second-order valence-corrected chi connectivity index (χ2v) is 5.90. The summed E-state index contributed by atoms with van der Waals surface area (Å²) in [6.45, 7) is 8.11. The summed E-state index contributed by atoms with van der Waals surface area (Å²) in [7, 11) is 0. The fourth-order valence-corrected chi connectivity index (χ4v) is 2.30. The van der Waals surface area contributed by atoms with Gasteiger partial charge < -0.3 is 5.11 Å². The molecule has 3 unspecified atom stereocenters. The van der Waals surface area contributed by atoms with E-state index in [0.29, 0.717) is 0 Å². The topological polar surface area (TPSA) is 37.3 Å². The van der Waals surface area contributed by atoms with E-state index in [2.05, 4.69) is 6.92 Å². The zero-order valence-electron chi connectivity index (χ0n) is 10.9. The number of unbranched alkanes of at least 4 members (excludes halogenated alkanes) is 1. The summed E-state index contributed by atoms with van der Waals surface area (Å²) >= 11 is 0. The molecular weight excluding hydrogens is 200 g/mol. The van der Waals surface area contributed by atoms with E-state index in [1.165, 1.54) is 0 Å². The van der Waals surface area contributed by atoms with Crippen LogP contribution in [0.3, 0.4) is 0 Å². The third-order valence-electron chi connectivity index (χ3n) is 3.42. The van der Waals surface area contributed by atoms with Gasteiger partial charge in [-0.25, -0.2) is 0 Å². The molecule has 0 spiro atoms. The van der Waals surface area contributed by atoms with Crippen molar-refractivity contribution < 1.29 is 9.90 Å². The first-order valence-corrected chi connectivity index (χ1v) is 6.28. The molecule has 0 aromatic heterocycles. The molecule has 1 N–H and O–H groups in total. The molecule has 0 radical (unpaired) electrons. The quantitative estimate of drug-likeness (QED) is 0.797. The fourth-order valence-electron chi connectivity index (χ4n) is 2.30. The van der Waals surface area contributed by atoms with Crippen LogP contribution in [0.15, 0.2) is 12.2 Å². The Hall–Kier alpha value is -0.630. The number of aliphatic hydroxyl groups is 1. The first kappa shape index (κ1) is 13.4. The highest BCUT2D eigenvalue weighted by molar-refractivity contribution is 5.95. The molecule has 0 amide bonds. The SMILES string of the molecule is CCCCC1C=CC(=O)C1C(O)C(C)(C)C. The van der Waals surface area contributed by atoms with Crippen molar-refractivity contribution in [3.63, 3.8) is 0 Å². The summed E-state index contributed by atoms with van der Waals surface area (Å²) in [6, 6.07) is 0. The number of carbonyl (C=O) groups is 1. The lowest BCUT2D eigenvalue weighted by atomic mass is 9.75. The standard InChI is InChI=1S/C14H24O2/c1-5-6-7-10-8-9-11(15)12(10)13(16)14(2,3)4/h8-10,12-13,16H,5-7H2,1-4H3. The van der Waals surface area contributed by atoms with Crippen LogP contribution in [0.2, 0.25) is 0 Å². The number of ketones is 1. The highest BCUT2D eigenvalue weighted by Crippen LogP contribution is 2.36. The van der Waals surface area contributed by atoms with E-state index in [1.54, 1.807) is 6.08 Å². The Morgan fingerprint density at radius 1 is 1.44 bits per heavy atom. The maximum atomic E-state index is 11.8. The Bertz CT molecular complexity index is 273. The monoisotopic (exact) mass is 224 g/mol. The Morgan fingerprint density at radius 3 is 2.56 bits per heavy atom. The van der Waals surface area contributed by atoms with Gasteiger partial charge in [0.1, 0.15) is 0 Å². The molecular formula is C14H24O2. The number of aliphatic hydroxyl groups excluding tert-OH is 1. The molecule has 1 aliphatic rings. The lowest BCUT2D eigenvalue weighted by molar-refractivity contribution is -0.125. The smallest absolute Gasteiger partial charge is 0.161 e. The first-order chi connectivity index (χ1) is 7.38. The van der Waals surface area contributed by atoms with E-state index in [1.807, 2.05) is 26.8 Å². The molecule has 1 aliphatic carbocycles. The minimum Gasteiger partial charge on any atom is -0.392 e. The van der Waals surface area contributed by atoms with Crippen LogP contribution >= 0.6 is 0 Å². The van der Waals surface area contributed by atoms with E-state index in [-0.39, 0.29) is 23.0 Å². The van der Waals surface area contributed by atoms with Crippen LogP contribution in [0, 0.1) is 17.3 Å². The molecule has 0 heterocycles. The zero-order chi connectivity index (χ0) is 12.3. The predicted molar refractivity (Wildman–Crippen MR) is 66.1 cm³/mol. The molecule has 0 saturated heterocycles. The number of hydrogen-bond acceptors (Lipinski definition) is 2. The van der Waals surface area contributed by atoms with Crippen molar-refractivity contribution in [3.05, 3.63) is 12.2 Å². The van der Waals surface area contributed by atoms with Gasteiger partial charge in [0.2, 0.25) is 0 Å². The highest BCUT2D eigenvalue weighted by Gasteiger charge is 2.40. The van der Waals surface area contributed by atoms with Crippen molar-refractivity contribution in [1.29, 1.82) is 0 Å². The van der Waals surface area contributed by atoms with E-state index >= 15 is 0 Å². The third kappa shape index (κ3) is 2.94. The molecule has 92 valence electrons. The Morgan fingerprint density at radius 2 is 2.06 bits per heavy atom. The van der Waals surface area contributed by atoms with Gasteiger partial charge in [-0.1, -0.05) is 46.6 Å². The molecule has 1 rings (SSSR count). The minimum atomic E-state index is -0.545. The second kappa shape index (κ2) is 5.13. The molecule has 2 nitrogen and oxygen atoms in total. The lowest BCUT2D eigenvalue weighted by Gasteiger charge is -2.33. The van der Waals surface area contributed by atoms with Gasteiger partial charge in [-0.3, -0.25) is 4.79 Å². The molecule has 0 fully saturated rings. The minimum absolute atomic E-state index is 0.100. The summed E-state index contributed by atoms with van der Waals surface area (Å²) in [5, 5.41) is 10.3. The third-order valence-corrected chi connectivity index (χ3v) is 3.42. The van der Waals surface area contributed by atoms with Gasteiger partial charge in [-0.05, 0) is 23.8 Å². The maximum absolute atomic E-state index is 11.8. The second-order valence-electron chi connectivity index (χ2n) is 5.90. The highest BCUT2D eigenvalue weighted by atomic mass is 16.3. The summed E-state index contributed by atoms with van der Waals surface area (Å²) in [5.74, 6) is 0.122. The average Bonchev–Trinajstić information content (AvgIpc) is 2.54. The number of allylic oxidation sites excluding steroid dienone is 2. The molecule has 2 heteroatoms. The molecule has 0 saturated carbocycles. The van der Waals surface area contributed by atoms with Crippen molar-refractivity contribution in [1.82, 2.24) is 0 Å². The summed E-state index contributed by atoms with van der Waals surface area (Å²) in [6.07, 6.45) is 6.36. The summed E-state index contributed by atoms with van der Waals surface area (Å²) in [5.41, 5.74) is -0.225. The number of rotatable bonds is 4. The van der Waals surface area contributed by atoms with Crippen LogP contribution in [0.25, 0.3) is 0 Å². The van der Waals surface area contributed by atoms with Gasteiger partial charge in [0.05, 0.1) is 12.0 Å². The van der Waals surface area contributed by atoms with Gasteiger partial charge >= 0.3 is 0 Å². The largest absolute Gasteiger partial charge is 0.392 e. The normalized spacial score (nSPS) is 27.4. The average molecular weight is 224 g/mol. The molecule has 0 aromatic carbocycles. The molecule has 0 aromatic rings. The van der Waals surface area contributed by atoms with Crippen LogP contribution in [-0.2, 0) is 4.79 Å². The van der Waals surface area contributed by atoms with Crippen LogP contribution in [0.1, 0.15) is 47.0 Å². The fraction of sp³-hybridized carbons (Fsp3) is 0.786. The Kier molecular flexibility index (Phi) is 4.31. The Labute approximate surface area is 98.7 Å². The maximum Gasteiger partial charge on any atom is 0.161 e. The molecule has 0 aliphatic heterocycles. The van der Waals surface area contributed by atoms with E-state index in [9.17, 15) is 9.90 Å².